The summed E-state index contributed by atoms with van der Waals surface area (Å²) in [5.41, 5.74) is 1.44. The highest BCUT2D eigenvalue weighted by Gasteiger charge is 2.18. The van der Waals surface area contributed by atoms with Crippen molar-refractivity contribution in [2.24, 2.45) is 0 Å². The summed E-state index contributed by atoms with van der Waals surface area (Å²) in [5.74, 6) is 0.619. The lowest BCUT2D eigenvalue weighted by atomic mass is 10.1. The average molecular weight is 306 g/mol. The Morgan fingerprint density at radius 2 is 2.10 bits per heavy atom. The van der Waals surface area contributed by atoms with Gasteiger partial charge in [-0.3, -0.25) is 4.57 Å². The van der Waals surface area contributed by atoms with Crippen molar-refractivity contribution in [3.05, 3.63) is 42.1 Å². The summed E-state index contributed by atoms with van der Waals surface area (Å²) in [5, 5.41) is 1.01. The number of fused-ring (bicyclic) bond motifs is 1. The van der Waals surface area contributed by atoms with E-state index in [2.05, 4.69) is 0 Å². The Bertz CT molecular complexity index is 665. The maximum Gasteiger partial charge on any atom is 0.418 e. The van der Waals surface area contributed by atoms with Crippen molar-refractivity contribution in [1.82, 2.24) is 4.57 Å². The van der Waals surface area contributed by atoms with Gasteiger partial charge in [-0.15, -0.1) is 11.6 Å². The van der Waals surface area contributed by atoms with Gasteiger partial charge in [0.05, 0.1) is 5.52 Å². The average Bonchev–Trinajstić information content (AvgIpc) is 2.80. The second kappa shape index (κ2) is 6.35. The fourth-order valence-corrected chi connectivity index (χ4v) is 2.14. The van der Waals surface area contributed by atoms with Crippen molar-refractivity contribution < 1.29 is 9.53 Å². The first-order valence-electron chi connectivity index (χ1n) is 6.98. The summed E-state index contributed by atoms with van der Waals surface area (Å²) in [4.78, 5) is 12.1. The Hall–Kier alpha value is -1.74. The van der Waals surface area contributed by atoms with Crippen LogP contribution in [0.15, 0.2) is 36.5 Å². The maximum atomic E-state index is 12.1. The Morgan fingerprint density at radius 1 is 1.33 bits per heavy atom. The van der Waals surface area contributed by atoms with Crippen LogP contribution in [0, 0.1) is 0 Å². The molecule has 21 heavy (non-hydrogen) atoms. The Morgan fingerprint density at radius 3 is 2.76 bits per heavy atom. The molecule has 0 fully saturated rings. The highest BCUT2D eigenvalue weighted by atomic mass is 35.5. The number of hydrogen-bond acceptors (Lipinski definition) is 2. The molecule has 0 unspecified atom stereocenters. The lowest BCUT2D eigenvalue weighted by Crippen LogP contribution is -2.26. The van der Waals surface area contributed by atoms with E-state index >= 15 is 0 Å². The van der Waals surface area contributed by atoms with Crippen LogP contribution in [0.25, 0.3) is 17.0 Å². The van der Waals surface area contributed by atoms with Crippen molar-refractivity contribution in [2.75, 3.05) is 5.88 Å². The van der Waals surface area contributed by atoms with E-state index in [9.17, 15) is 4.79 Å². The SMILES string of the molecule is CC(C)(C)OC(=O)n1ccc2cc(C=CCCCl)ccc21. The minimum atomic E-state index is -0.502. The van der Waals surface area contributed by atoms with Crippen LogP contribution in [0.1, 0.15) is 32.8 Å². The Labute approximate surface area is 130 Å². The molecule has 0 aliphatic rings. The second-order valence-electron chi connectivity index (χ2n) is 5.86. The van der Waals surface area contributed by atoms with Gasteiger partial charge in [-0.25, -0.2) is 4.79 Å². The van der Waals surface area contributed by atoms with E-state index in [1.807, 2.05) is 57.2 Å². The molecule has 1 aromatic heterocycles. The molecule has 112 valence electrons. The first kappa shape index (κ1) is 15.6. The third kappa shape index (κ3) is 4.11. The van der Waals surface area contributed by atoms with Crippen molar-refractivity contribution in [3.8, 4) is 0 Å². The van der Waals surface area contributed by atoms with Gasteiger partial charge in [0.25, 0.3) is 0 Å². The number of aromatic nitrogens is 1. The largest absolute Gasteiger partial charge is 0.443 e. The zero-order valence-electron chi connectivity index (χ0n) is 12.6. The smallest absolute Gasteiger partial charge is 0.418 e. The van der Waals surface area contributed by atoms with Crippen LogP contribution in [0.5, 0.6) is 0 Å². The van der Waals surface area contributed by atoms with E-state index < -0.39 is 5.60 Å². The van der Waals surface area contributed by atoms with E-state index in [0.29, 0.717) is 5.88 Å². The minimum absolute atomic E-state index is 0.358. The molecule has 0 saturated carbocycles. The molecule has 0 radical (unpaired) electrons. The number of nitrogens with zero attached hydrogens (tertiary/aromatic N) is 1. The lowest BCUT2D eigenvalue weighted by molar-refractivity contribution is 0.0544. The molecule has 2 aromatic rings. The third-order valence-electron chi connectivity index (χ3n) is 2.89. The molecule has 1 aromatic carbocycles. The number of carbonyl (C=O) groups is 1. The fourth-order valence-electron chi connectivity index (χ4n) is 2.02. The van der Waals surface area contributed by atoms with E-state index in [0.717, 1.165) is 22.9 Å². The molecule has 0 amide bonds. The first-order chi connectivity index (χ1) is 9.90. The lowest BCUT2D eigenvalue weighted by Gasteiger charge is -2.19. The fraction of sp³-hybridized carbons (Fsp3) is 0.353. The molecule has 0 bridgehead atoms. The molecule has 0 saturated heterocycles. The predicted molar refractivity (Wildman–Crippen MR) is 87.9 cm³/mol. The van der Waals surface area contributed by atoms with Crippen molar-refractivity contribution in [1.29, 1.82) is 0 Å². The standard InChI is InChI=1S/C17H20ClNO2/c1-17(2,3)21-16(20)19-11-9-14-12-13(6-4-5-10-18)7-8-15(14)19/h4,6-9,11-12H,5,10H2,1-3H3. The van der Waals surface area contributed by atoms with Gasteiger partial charge in [-0.1, -0.05) is 18.2 Å². The number of halogens is 1. The van der Waals surface area contributed by atoms with Gasteiger partial charge < -0.3 is 4.74 Å². The van der Waals surface area contributed by atoms with Crippen LogP contribution in [0.3, 0.4) is 0 Å². The Balaban J connectivity index is 2.27. The van der Waals surface area contributed by atoms with Crippen LogP contribution in [0.4, 0.5) is 4.79 Å². The topological polar surface area (TPSA) is 31.2 Å². The third-order valence-corrected chi connectivity index (χ3v) is 3.11. The molecular formula is C17H20ClNO2. The van der Waals surface area contributed by atoms with Crippen LogP contribution < -0.4 is 0 Å². The monoisotopic (exact) mass is 305 g/mol. The summed E-state index contributed by atoms with van der Waals surface area (Å²) in [6.45, 7) is 5.57. The number of hydrogen-bond donors (Lipinski definition) is 0. The summed E-state index contributed by atoms with van der Waals surface area (Å²) < 4.78 is 6.93. The van der Waals surface area contributed by atoms with E-state index in [1.165, 1.54) is 4.57 Å². The van der Waals surface area contributed by atoms with Crippen LogP contribution in [-0.2, 0) is 4.74 Å². The molecule has 0 aliphatic carbocycles. The number of allylic oxidation sites excluding steroid dienone is 1. The van der Waals surface area contributed by atoms with Crippen LogP contribution in [-0.4, -0.2) is 22.1 Å². The van der Waals surface area contributed by atoms with Crippen LogP contribution in [0.2, 0.25) is 0 Å². The summed E-state index contributed by atoms with van der Waals surface area (Å²) in [6, 6.07) is 7.87. The second-order valence-corrected chi connectivity index (χ2v) is 6.24. The van der Waals surface area contributed by atoms with Gasteiger partial charge in [-0.2, -0.15) is 0 Å². The zero-order valence-corrected chi connectivity index (χ0v) is 13.4. The van der Waals surface area contributed by atoms with Gasteiger partial charge in [0, 0.05) is 17.5 Å². The maximum absolute atomic E-state index is 12.1. The highest BCUT2D eigenvalue weighted by molar-refractivity contribution is 6.17. The number of benzene rings is 1. The molecular weight excluding hydrogens is 286 g/mol. The summed E-state index contributed by atoms with van der Waals surface area (Å²) in [7, 11) is 0. The Kier molecular flexibility index (Phi) is 4.73. The highest BCUT2D eigenvalue weighted by Crippen LogP contribution is 2.20. The quantitative estimate of drug-likeness (QED) is 0.742. The van der Waals surface area contributed by atoms with Crippen molar-refractivity contribution in [2.45, 2.75) is 32.8 Å². The number of alkyl halides is 1. The van der Waals surface area contributed by atoms with E-state index in [1.54, 1.807) is 6.20 Å². The van der Waals surface area contributed by atoms with Crippen LogP contribution >= 0.6 is 11.6 Å². The van der Waals surface area contributed by atoms with Crippen molar-refractivity contribution >= 4 is 34.7 Å². The molecule has 0 spiro atoms. The van der Waals surface area contributed by atoms with Gasteiger partial charge in [0.15, 0.2) is 0 Å². The van der Waals surface area contributed by atoms with Gasteiger partial charge >= 0.3 is 6.09 Å². The van der Waals surface area contributed by atoms with Gasteiger partial charge in [-0.05, 0) is 51.0 Å². The first-order valence-corrected chi connectivity index (χ1v) is 7.51. The molecule has 0 N–H and O–H groups in total. The molecule has 0 atom stereocenters. The number of ether oxygens (including phenoxy) is 1. The number of carbonyl (C=O) groups excluding carboxylic acids is 1. The predicted octanol–water partition coefficient (Wildman–Crippen LogP) is 5.07. The van der Waals surface area contributed by atoms with Crippen molar-refractivity contribution in [3.63, 3.8) is 0 Å². The molecule has 3 nitrogen and oxygen atoms in total. The molecule has 1 heterocycles. The van der Waals surface area contributed by atoms with Gasteiger partial charge in [0.2, 0.25) is 0 Å². The van der Waals surface area contributed by atoms with Gasteiger partial charge in [0.1, 0.15) is 5.60 Å². The molecule has 4 heteroatoms. The van der Waals surface area contributed by atoms with E-state index in [-0.39, 0.29) is 6.09 Å². The van der Waals surface area contributed by atoms with E-state index in [4.69, 9.17) is 16.3 Å². The molecule has 0 aliphatic heterocycles. The minimum Gasteiger partial charge on any atom is -0.443 e. The summed E-state index contributed by atoms with van der Waals surface area (Å²) in [6.07, 6.45) is 6.30. The zero-order chi connectivity index (χ0) is 15.5. The number of rotatable bonds is 3. The molecule has 2 rings (SSSR count). The summed E-state index contributed by atoms with van der Waals surface area (Å²) >= 11 is 5.65. The normalized spacial score (nSPS) is 12.2.